The Balaban J connectivity index is 2.60. The maximum absolute atomic E-state index is 11.8. The minimum absolute atomic E-state index is 0.179. The van der Waals surface area contributed by atoms with Crippen LogP contribution in [0.4, 0.5) is 5.82 Å². The average Bonchev–Trinajstić information content (AvgIpc) is 2.44. The fourth-order valence-corrected chi connectivity index (χ4v) is 1.34. The number of nitrogens with zero attached hydrogens (tertiary/aromatic N) is 2. The molecule has 0 saturated heterocycles. The summed E-state index contributed by atoms with van der Waals surface area (Å²) in [5.74, 6) is -0.0640. The number of hydrogen-bond acceptors (Lipinski definition) is 5. The summed E-state index contributed by atoms with van der Waals surface area (Å²) in [7, 11) is 1.51. The Kier molecular flexibility index (Phi) is 5.72. The molecule has 1 unspecified atom stereocenters. The molecule has 0 aliphatic rings. The monoisotopic (exact) mass is 265 g/mol. The first kappa shape index (κ1) is 14.9. The van der Waals surface area contributed by atoms with Gasteiger partial charge >= 0.3 is 0 Å². The summed E-state index contributed by atoms with van der Waals surface area (Å²) in [6.45, 7) is 4.44. The molecule has 7 nitrogen and oxygen atoms in total. The first-order valence-corrected chi connectivity index (χ1v) is 6.16. The van der Waals surface area contributed by atoms with Crippen molar-refractivity contribution >= 4 is 17.6 Å². The number of aromatic nitrogens is 2. The number of carbonyl (C=O) groups excluding carboxylic acids is 2. The van der Waals surface area contributed by atoms with Gasteiger partial charge in [0.05, 0.1) is 12.4 Å². The Bertz CT molecular complexity index is 432. The van der Waals surface area contributed by atoms with E-state index in [2.05, 4.69) is 25.9 Å². The second kappa shape index (κ2) is 7.30. The summed E-state index contributed by atoms with van der Waals surface area (Å²) >= 11 is 0. The molecule has 19 heavy (non-hydrogen) atoms. The zero-order valence-electron chi connectivity index (χ0n) is 11.4. The van der Waals surface area contributed by atoms with Gasteiger partial charge in [0.2, 0.25) is 5.91 Å². The van der Waals surface area contributed by atoms with E-state index in [1.807, 2.05) is 6.92 Å². The quantitative estimate of drug-likeness (QED) is 0.681. The van der Waals surface area contributed by atoms with E-state index in [-0.39, 0.29) is 11.6 Å². The van der Waals surface area contributed by atoms with E-state index in [9.17, 15) is 9.59 Å². The lowest BCUT2D eigenvalue weighted by Gasteiger charge is -2.11. The maximum atomic E-state index is 11.8. The third kappa shape index (κ3) is 4.53. The van der Waals surface area contributed by atoms with Crippen LogP contribution in [-0.2, 0) is 4.79 Å². The molecule has 1 aromatic heterocycles. The molecular weight excluding hydrogens is 246 g/mol. The second-order valence-corrected chi connectivity index (χ2v) is 4.02. The molecule has 104 valence electrons. The van der Waals surface area contributed by atoms with Crippen molar-refractivity contribution in [1.82, 2.24) is 20.6 Å². The van der Waals surface area contributed by atoms with Crippen LogP contribution in [0.2, 0.25) is 0 Å². The van der Waals surface area contributed by atoms with Gasteiger partial charge in [-0.1, -0.05) is 6.92 Å². The van der Waals surface area contributed by atoms with Gasteiger partial charge in [-0.25, -0.2) is 9.97 Å². The number of likely N-dealkylation sites (N-methyl/N-ethyl adjacent to an activating group) is 1. The molecular formula is C12H19N5O2. The molecule has 0 fully saturated rings. The molecule has 1 rings (SSSR count). The third-order valence-electron chi connectivity index (χ3n) is 2.43. The van der Waals surface area contributed by atoms with Crippen LogP contribution in [0.3, 0.4) is 0 Å². The Hall–Kier alpha value is -2.18. The van der Waals surface area contributed by atoms with Crippen molar-refractivity contribution < 1.29 is 9.59 Å². The number of nitrogens with one attached hydrogen (secondary N) is 3. The third-order valence-corrected chi connectivity index (χ3v) is 2.43. The van der Waals surface area contributed by atoms with Crippen molar-refractivity contribution in [2.45, 2.75) is 26.3 Å². The molecule has 3 N–H and O–H groups in total. The smallest absolute Gasteiger partial charge is 0.272 e. The molecule has 2 amide bonds. The first-order chi connectivity index (χ1) is 9.08. The Morgan fingerprint density at radius 2 is 2.05 bits per heavy atom. The predicted octanol–water partition coefficient (Wildman–Crippen LogP) is 0.163. The summed E-state index contributed by atoms with van der Waals surface area (Å²) in [5, 5.41) is 8.05. The van der Waals surface area contributed by atoms with Crippen molar-refractivity contribution in [3.8, 4) is 0 Å². The topological polar surface area (TPSA) is 96.0 Å². The standard InChI is InChI=1S/C12H19N5O2/c1-4-5-14-10-7-15-9(6-16-10)12(19)17-8(2)11(18)13-3/h6-8H,4-5H2,1-3H3,(H,13,18)(H,14,16)(H,17,19). The van der Waals surface area contributed by atoms with Gasteiger partial charge in [-0.05, 0) is 13.3 Å². The van der Waals surface area contributed by atoms with Crippen LogP contribution < -0.4 is 16.0 Å². The molecule has 0 aliphatic carbocycles. The number of carbonyl (C=O) groups is 2. The van der Waals surface area contributed by atoms with E-state index >= 15 is 0 Å². The number of rotatable bonds is 6. The van der Waals surface area contributed by atoms with Crippen molar-refractivity contribution in [1.29, 1.82) is 0 Å². The van der Waals surface area contributed by atoms with Gasteiger partial charge in [-0.15, -0.1) is 0 Å². The Morgan fingerprint density at radius 1 is 1.32 bits per heavy atom. The van der Waals surface area contributed by atoms with Gasteiger partial charge in [0.1, 0.15) is 17.6 Å². The largest absolute Gasteiger partial charge is 0.369 e. The molecule has 0 aromatic carbocycles. The first-order valence-electron chi connectivity index (χ1n) is 6.16. The zero-order chi connectivity index (χ0) is 14.3. The van der Waals surface area contributed by atoms with Crippen LogP contribution in [0.15, 0.2) is 12.4 Å². The normalized spacial score (nSPS) is 11.5. The predicted molar refractivity (Wildman–Crippen MR) is 71.8 cm³/mol. The summed E-state index contributed by atoms with van der Waals surface area (Å²) < 4.78 is 0. The molecule has 1 aromatic rings. The van der Waals surface area contributed by atoms with Crippen LogP contribution in [0, 0.1) is 0 Å². The molecule has 0 saturated carbocycles. The van der Waals surface area contributed by atoms with Crippen LogP contribution in [0.1, 0.15) is 30.8 Å². The zero-order valence-corrected chi connectivity index (χ0v) is 11.4. The van der Waals surface area contributed by atoms with Crippen LogP contribution in [0.25, 0.3) is 0 Å². The summed E-state index contributed by atoms with van der Waals surface area (Å²) in [5.41, 5.74) is 0.179. The fourth-order valence-electron chi connectivity index (χ4n) is 1.34. The maximum Gasteiger partial charge on any atom is 0.272 e. The molecule has 7 heteroatoms. The van der Waals surface area contributed by atoms with Crippen molar-refractivity contribution in [2.75, 3.05) is 18.9 Å². The Labute approximate surface area is 112 Å². The highest BCUT2D eigenvalue weighted by atomic mass is 16.2. The molecule has 1 heterocycles. The highest BCUT2D eigenvalue weighted by Crippen LogP contribution is 2.01. The van der Waals surface area contributed by atoms with Crippen molar-refractivity contribution in [2.24, 2.45) is 0 Å². The molecule has 0 aliphatic heterocycles. The fraction of sp³-hybridized carbons (Fsp3) is 0.500. The van der Waals surface area contributed by atoms with E-state index in [0.29, 0.717) is 5.82 Å². The lowest BCUT2D eigenvalue weighted by atomic mass is 10.3. The molecule has 0 spiro atoms. The lowest BCUT2D eigenvalue weighted by molar-refractivity contribution is -0.122. The summed E-state index contributed by atoms with van der Waals surface area (Å²) in [6, 6.07) is -0.614. The van der Waals surface area contributed by atoms with Crippen molar-refractivity contribution in [3.63, 3.8) is 0 Å². The molecule has 0 radical (unpaired) electrons. The number of hydrogen-bond donors (Lipinski definition) is 3. The van der Waals surface area contributed by atoms with Crippen LogP contribution >= 0.6 is 0 Å². The minimum atomic E-state index is -0.614. The average molecular weight is 265 g/mol. The minimum Gasteiger partial charge on any atom is -0.369 e. The van der Waals surface area contributed by atoms with Gasteiger partial charge in [0.15, 0.2) is 0 Å². The summed E-state index contributed by atoms with van der Waals surface area (Å²) in [6.07, 6.45) is 3.85. The summed E-state index contributed by atoms with van der Waals surface area (Å²) in [4.78, 5) is 31.1. The van der Waals surface area contributed by atoms with E-state index < -0.39 is 11.9 Å². The number of anilines is 1. The highest BCUT2D eigenvalue weighted by Gasteiger charge is 2.16. The van der Waals surface area contributed by atoms with E-state index in [0.717, 1.165) is 13.0 Å². The van der Waals surface area contributed by atoms with E-state index in [4.69, 9.17) is 0 Å². The van der Waals surface area contributed by atoms with Gasteiger partial charge in [-0.3, -0.25) is 9.59 Å². The van der Waals surface area contributed by atoms with E-state index in [1.54, 1.807) is 6.92 Å². The van der Waals surface area contributed by atoms with Crippen LogP contribution in [-0.4, -0.2) is 41.4 Å². The van der Waals surface area contributed by atoms with Crippen molar-refractivity contribution in [3.05, 3.63) is 18.1 Å². The van der Waals surface area contributed by atoms with Gasteiger partial charge < -0.3 is 16.0 Å². The second-order valence-electron chi connectivity index (χ2n) is 4.02. The van der Waals surface area contributed by atoms with E-state index in [1.165, 1.54) is 19.4 Å². The highest BCUT2D eigenvalue weighted by molar-refractivity contribution is 5.95. The number of amides is 2. The SMILES string of the molecule is CCCNc1cnc(C(=O)NC(C)C(=O)NC)cn1. The van der Waals surface area contributed by atoms with Gasteiger partial charge in [0.25, 0.3) is 5.91 Å². The van der Waals surface area contributed by atoms with Gasteiger partial charge in [-0.2, -0.15) is 0 Å². The lowest BCUT2D eigenvalue weighted by Crippen LogP contribution is -2.43. The molecule has 1 atom stereocenters. The van der Waals surface area contributed by atoms with Crippen LogP contribution in [0.5, 0.6) is 0 Å². The Morgan fingerprint density at radius 3 is 2.58 bits per heavy atom. The molecule has 0 bridgehead atoms. The van der Waals surface area contributed by atoms with Gasteiger partial charge in [0, 0.05) is 13.6 Å².